The van der Waals surface area contributed by atoms with Gasteiger partial charge >= 0.3 is 0 Å². The summed E-state index contributed by atoms with van der Waals surface area (Å²) >= 11 is 0. The van der Waals surface area contributed by atoms with Gasteiger partial charge in [-0.1, -0.05) is 0 Å². The molecule has 0 bridgehead atoms. The molecule has 0 spiro atoms. The summed E-state index contributed by atoms with van der Waals surface area (Å²) in [4.78, 5) is 11.7. The number of carbonyl (C=O) groups is 1. The first kappa shape index (κ1) is 33.2. The molecule has 8 nitrogen and oxygen atoms in total. The zero-order valence-electron chi connectivity index (χ0n) is 23.6. The Bertz CT molecular complexity index is 536. The number of amides is 1. The Morgan fingerprint density at radius 2 is 0.941 bits per heavy atom. The van der Waals surface area contributed by atoms with E-state index in [9.17, 15) is 4.79 Å². The van der Waals surface area contributed by atoms with Gasteiger partial charge in [-0.15, -0.1) is 0 Å². The molecule has 0 unspecified atom stereocenters. The fraction of sp³-hybridized carbons (Fsp3) is 0.962. The van der Waals surface area contributed by atoms with E-state index in [1.165, 1.54) is 0 Å². The van der Waals surface area contributed by atoms with Crippen LogP contribution in [0.3, 0.4) is 0 Å². The highest BCUT2D eigenvalue weighted by Crippen LogP contribution is 2.24. The second kappa shape index (κ2) is 16.1. The molecule has 1 amide bonds. The summed E-state index contributed by atoms with van der Waals surface area (Å²) in [6.07, 6.45) is 1.74. The molecule has 0 aromatic heterocycles. The first-order valence-corrected chi connectivity index (χ1v) is 12.5. The van der Waals surface area contributed by atoms with Crippen molar-refractivity contribution in [2.75, 3.05) is 59.5 Å². The highest BCUT2D eigenvalue weighted by molar-refractivity contribution is 5.77. The third-order valence-electron chi connectivity index (χ3n) is 4.65. The Hall–Kier alpha value is -0.770. The van der Waals surface area contributed by atoms with Crippen LogP contribution in [-0.4, -0.2) is 87.7 Å². The average Bonchev–Trinajstić information content (AvgIpc) is 2.65. The maximum Gasteiger partial charge on any atom is 0.246 e. The van der Waals surface area contributed by atoms with Crippen molar-refractivity contribution in [1.82, 2.24) is 5.32 Å². The summed E-state index contributed by atoms with van der Waals surface area (Å²) in [5.74, 6) is -0.122. The minimum Gasteiger partial charge on any atom is -0.377 e. The van der Waals surface area contributed by atoms with Crippen molar-refractivity contribution >= 4 is 5.91 Å². The predicted octanol–water partition coefficient (Wildman–Crippen LogP) is 4.14. The van der Waals surface area contributed by atoms with E-state index in [1.807, 2.05) is 41.5 Å². The van der Waals surface area contributed by atoms with Gasteiger partial charge in [0.1, 0.15) is 6.61 Å². The predicted molar refractivity (Wildman–Crippen MR) is 135 cm³/mol. The molecule has 0 rings (SSSR count). The Morgan fingerprint density at radius 3 is 1.35 bits per heavy atom. The third kappa shape index (κ3) is 23.0. The van der Waals surface area contributed by atoms with Crippen LogP contribution >= 0.6 is 0 Å². The van der Waals surface area contributed by atoms with E-state index in [0.29, 0.717) is 52.9 Å². The lowest BCUT2D eigenvalue weighted by Gasteiger charge is -2.31. The first-order valence-electron chi connectivity index (χ1n) is 12.5. The van der Waals surface area contributed by atoms with Crippen LogP contribution < -0.4 is 5.32 Å². The lowest BCUT2D eigenvalue weighted by molar-refractivity contribution is -0.127. The maximum absolute atomic E-state index is 11.7. The average molecular weight is 492 g/mol. The fourth-order valence-corrected chi connectivity index (χ4v) is 2.85. The summed E-state index contributed by atoms with van der Waals surface area (Å²) in [6.45, 7) is 24.4. The van der Waals surface area contributed by atoms with E-state index in [4.69, 9.17) is 28.4 Å². The van der Waals surface area contributed by atoms with Crippen molar-refractivity contribution in [3.8, 4) is 0 Å². The zero-order valence-corrected chi connectivity index (χ0v) is 23.6. The highest BCUT2D eigenvalue weighted by atomic mass is 16.6. The molecule has 0 aliphatic carbocycles. The van der Waals surface area contributed by atoms with Crippen LogP contribution in [0, 0.1) is 0 Å². The second-order valence-electron chi connectivity index (χ2n) is 11.8. The van der Waals surface area contributed by atoms with Gasteiger partial charge in [0.2, 0.25) is 5.91 Å². The molecule has 1 N–H and O–H groups in total. The molecule has 0 aromatic rings. The van der Waals surface area contributed by atoms with Gasteiger partial charge in [-0.05, 0) is 82.1 Å². The highest BCUT2D eigenvalue weighted by Gasteiger charge is 2.25. The van der Waals surface area contributed by atoms with Crippen molar-refractivity contribution in [1.29, 1.82) is 0 Å². The van der Waals surface area contributed by atoms with E-state index in [1.54, 1.807) is 0 Å². The van der Waals surface area contributed by atoms with Crippen molar-refractivity contribution < 1.29 is 33.2 Å². The van der Waals surface area contributed by atoms with Gasteiger partial charge < -0.3 is 33.7 Å². The minimum absolute atomic E-state index is 0.0414. The van der Waals surface area contributed by atoms with E-state index in [-0.39, 0.29) is 34.9 Å². The molecular weight excluding hydrogens is 438 g/mol. The Labute approximate surface area is 208 Å². The molecule has 0 atom stereocenters. The van der Waals surface area contributed by atoms with Gasteiger partial charge in [-0.3, -0.25) is 4.79 Å². The first-order chi connectivity index (χ1) is 15.5. The van der Waals surface area contributed by atoms with Crippen LogP contribution in [-0.2, 0) is 33.2 Å². The van der Waals surface area contributed by atoms with Gasteiger partial charge in [0.05, 0.1) is 69.7 Å². The van der Waals surface area contributed by atoms with Gasteiger partial charge in [0.15, 0.2) is 0 Å². The lowest BCUT2D eigenvalue weighted by Crippen LogP contribution is -2.42. The minimum atomic E-state index is -0.271. The monoisotopic (exact) mass is 491 g/mol. The summed E-state index contributed by atoms with van der Waals surface area (Å²) in [7, 11) is 0. The van der Waals surface area contributed by atoms with Crippen molar-refractivity contribution in [3.05, 3.63) is 0 Å². The van der Waals surface area contributed by atoms with Crippen LogP contribution in [0.15, 0.2) is 0 Å². The second-order valence-corrected chi connectivity index (χ2v) is 11.8. The van der Waals surface area contributed by atoms with Crippen molar-refractivity contribution in [3.63, 3.8) is 0 Å². The number of carbonyl (C=O) groups excluding carboxylic acids is 1. The summed E-state index contributed by atoms with van der Waals surface area (Å²) in [5, 5.41) is 2.85. The topological polar surface area (TPSA) is 84.5 Å². The molecule has 0 saturated heterocycles. The van der Waals surface area contributed by atoms with Gasteiger partial charge in [-0.2, -0.15) is 0 Å². The van der Waals surface area contributed by atoms with Gasteiger partial charge in [0, 0.05) is 5.54 Å². The fourth-order valence-electron chi connectivity index (χ4n) is 2.85. The summed E-state index contributed by atoms with van der Waals surface area (Å²) < 4.78 is 34.1. The molecule has 34 heavy (non-hydrogen) atoms. The SMILES string of the molecule is CC(C)(C)NC(=O)COCCOCCOC(C)(C)CCC(C)(C)OCCOCCOC(C)(C)C. The largest absolute Gasteiger partial charge is 0.377 e. The molecule has 0 aliphatic heterocycles. The number of hydrogen-bond acceptors (Lipinski definition) is 7. The Kier molecular flexibility index (Phi) is 15.7. The summed E-state index contributed by atoms with van der Waals surface area (Å²) in [6, 6.07) is 0. The van der Waals surface area contributed by atoms with Gasteiger partial charge in [0.25, 0.3) is 0 Å². The van der Waals surface area contributed by atoms with Crippen LogP contribution in [0.25, 0.3) is 0 Å². The van der Waals surface area contributed by atoms with E-state index in [0.717, 1.165) is 12.8 Å². The van der Waals surface area contributed by atoms with Crippen molar-refractivity contribution in [2.45, 2.75) is 104 Å². The van der Waals surface area contributed by atoms with Crippen LogP contribution in [0.5, 0.6) is 0 Å². The molecular formula is C26H53NO7. The molecule has 0 aromatic carbocycles. The Balaban J connectivity index is 3.79. The standard InChI is InChI=1S/C26H53NO7/c1-23(2,3)27-22(28)21-31-14-13-29-16-19-33-25(7,8)11-12-26(9,10)34-20-17-30-15-18-32-24(4,5)6/h11-21H2,1-10H3,(H,27,28). The van der Waals surface area contributed by atoms with Gasteiger partial charge in [-0.25, -0.2) is 0 Å². The van der Waals surface area contributed by atoms with E-state index in [2.05, 4.69) is 33.0 Å². The molecule has 0 heterocycles. The number of nitrogens with one attached hydrogen (secondary N) is 1. The van der Waals surface area contributed by atoms with Crippen LogP contribution in [0.2, 0.25) is 0 Å². The smallest absolute Gasteiger partial charge is 0.246 e. The zero-order chi connectivity index (χ0) is 26.3. The number of rotatable bonds is 19. The van der Waals surface area contributed by atoms with Crippen LogP contribution in [0.1, 0.15) is 82.1 Å². The van der Waals surface area contributed by atoms with Crippen molar-refractivity contribution in [2.24, 2.45) is 0 Å². The van der Waals surface area contributed by atoms with Crippen LogP contribution in [0.4, 0.5) is 0 Å². The molecule has 204 valence electrons. The molecule has 0 saturated carbocycles. The molecule has 0 fully saturated rings. The number of hydrogen-bond donors (Lipinski definition) is 1. The quantitative estimate of drug-likeness (QED) is 0.272. The van der Waals surface area contributed by atoms with E-state index >= 15 is 0 Å². The molecule has 0 aliphatic rings. The third-order valence-corrected chi connectivity index (χ3v) is 4.65. The molecule has 8 heteroatoms. The number of ether oxygens (including phenoxy) is 6. The summed E-state index contributed by atoms with van der Waals surface area (Å²) in [5.41, 5.74) is -0.910. The normalized spacial score (nSPS) is 13.4. The van der Waals surface area contributed by atoms with E-state index < -0.39 is 0 Å². The lowest BCUT2D eigenvalue weighted by atomic mass is 9.94. The Morgan fingerprint density at radius 1 is 0.559 bits per heavy atom. The molecule has 0 radical (unpaired) electrons. The maximum atomic E-state index is 11.7.